The summed E-state index contributed by atoms with van der Waals surface area (Å²) in [6.07, 6.45) is 0. The number of halogens is 1. The Morgan fingerprint density at radius 2 is 1.74 bits per heavy atom. The van der Waals surface area contributed by atoms with Crippen molar-refractivity contribution >= 4 is 36.9 Å². The molecule has 124 valence electrons. The van der Waals surface area contributed by atoms with Crippen LogP contribution < -0.4 is 9.47 Å². The lowest BCUT2D eigenvalue weighted by molar-refractivity contribution is 0.0491. The molecule has 23 heavy (non-hydrogen) atoms. The third-order valence-corrected chi connectivity index (χ3v) is 5.14. The van der Waals surface area contributed by atoms with Crippen LogP contribution in [0.4, 0.5) is 0 Å². The van der Waals surface area contributed by atoms with Gasteiger partial charge in [0.1, 0.15) is 0 Å². The van der Waals surface area contributed by atoms with Crippen molar-refractivity contribution in [1.29, 1.82) is 0 Å². The average molecular weight is 371 g/mol. The fourth-order valence-corrected chi connectivity index (χ4v) is 3.22. The molecule has 2 aromatic carbocycles. The van der Waals surface area contributed by atoms with Crippen molar-refractivity contribution in [3.8, 4) is 11.5 Å². The topological polar surface area (TPSA) is 27.7 Å². The quantitative estimate of drug-likeness (QED) is 0.532. The molecule has 2 unspecified atom stereocenters. The zero-order chi connectivity index (χ0) is 16.8. The summed E-state index contributed by atoms with van der Waals surface area (Å²) >= 11 is 15.6. The van der Waals surface area contributed by atoms with E-state index in [0.717, 1.165) is 11.1 Å². The van der Waals surface area contributed by atoms with Crippen molar-refractivity contribution in [1.82, 2.24) is 0 Å². The minimum atomic E-state index is -0.150. The molecule has 0 bridgehead atoms. The minimum absolute atomic E-state index is 0.149. The standard InChI is InChI=1S/C17H19ClO3S2/c1-19-10-21-14-8-7-11(9-15(14)20-2)16(22)17(23)12-5-3-4-6-13(12)18/h3-9,16-17,22-23H,10H2,1-2H3. The van der Waals surface area contributed by atoms with E-state index < -0.39 is 0 Å². The first-order valence-electron chi connectivity index (χ1n) is 6.98. The molecule has 0 heterocycles. The van der Waals surface area contributed by atoms with Crippen molar-refractivity contribution in [2.75, 3.05) is 21.0 Å². The van der Waals surface area contributed by atoms with Crippen LogP contribution in [0.1, 0.15) is 21.6 Å². The second-order valence-corrected chi connectivity index (χ2v) is 6.39. The van der Waals surface area contributed by atoms with Crippen LogP contribution in [0, 0.1) is 0 Å². The molecule has 2 atom stereocenters. The van der Waals surface area contributed by atoms with Gasteiger partial charge in [-0.15, -0.1) is 0 Å². The van der Waals surface area contributed by atoms with Crippen LogP contribution in [0.2, 0.25) is 5.02 Å². The number of hydrogen-bond donors (Lipinski definition) is 2. The summed E-state index contributed by atoms with van der Waals surface area (Å²) in [6, 6.07) is 13.3. The average Bonchev–Trinajstić information content (AvgIpc) is 2.59. The first-order valence-corrected chi connectivity index (χ1v) is 8.39. The molecule has 2 rings (SSSR count). The fourth-order valence-electron chi connectivity index (χ4n) is 2.18. The van der Waals surface area contributed by atoms with E-state index in [1.165, 1.54) is 0 Å². The molecule has 0 saturated heterocycles. The van der Waals surface area contributed by atoms with Crippen LogP contribution in [-0.4, -0.2) is 21.0 Å². The lowest BCUT2D eigenvalue weighted by Gasteiger charge is -2.21. The van der Waals surface area contributed by atoms with Crippen LogP contribution in [0.5, 0.6) is 11.5 Å². The van der Waals surface area contributed by atoms with E-state index in [0.29, 0.717) is 16.5 Å². The van der Waals surface area contributed by atoms with E-state index in [2.05, 4.69) is 12.6 Å². The van der Waals surface area contributed by atoms with Crippen LogP contribution in [0.3, 0.4) is 0 Å². The monoisotopic (exact) mass is 370 g/mol. The van der Waals surface area contributed by atoms with E-state index in [4.69, 9.17) is 38.4 Å². The number of methoxy groups -OCH3 is 2. The van der Waals surface area contributed by atoms with Gasteiger partial charge in [-0.25, -0.2) is 0 Å². The maximum absolute atomic E-state index is 6.25. The van der Waals surface area contributed by atoms with Gasteiger partial charge in [0.2, 0.25) is 0 Å². The zero-order valence-electron chi connectivity index (χ0n) is 12.9. The first kappa shape index (κ1) is 18.3. The Labute approximate surface area is 152 Å². The molecule has 0 amide bonds. The lowest BCUT2D eigenvalue weighted by Crippen LogP contribution is -2.04. The summed E-state index contributed by atoms with van der Waals surface area (Å²) in [7, 11) is 3.16. The summed E-state index contributed by atoms with van der Waals surface area (Å²) in [5, 5.41) is 0.379. The summed E-state index contributed by atoms with van der Waals surface area (Å²) in [6.45, 7) is 0.162. The van der Waals surface area contributed by atoms with E-state index >= 15 is 0 Å². The molecule has 0 fully saturated rings. The van der Waals surface area contributed by atoms with Crippen LogP contribution in [0.15, 0.2) is 42.5 Å². The third-order valence-electron chi connectivity index (χ3n) is 3.38. The molecule has 2 aromatic rings. The maximum Gasteiger partial charge on any atom is 0.188 e. The fraction of sp³-hybridized carbons (Fsp3) is 0.294. The van der Waals surface area contributed by atoms with Crippen molar-refractivity contribution < 1.29 is 14.2 Å². The Hall–Kier alpha value is -1.01. The molecule has 0 spiro atoms. The molecule has 0 aromatic heterocycles. The highest BCUT2D eigenvalue weighted by atomic mass is 35.5. The molecule has 3 nitrogen and oxygen atoms in total. The Bertz CT molecular complexity index is 651. The molecule has 0 saturated carbocycles. The van der Waals surface area contributed by atoms with Gasteiger partial charge >= 0.3 is 0 Å². The van der Waals surface area contributed by atoms with Crippen LogP contribution >= 0.6 is 36.9 Å². The lowest BCUT2D eigenvalue weighted by atomic mass is 10.0. The SMILES string of the molecule is COCOc1ccc(C(S)C(S)c2ccccc2Cl)cc1OC. The third kappa shape index (κ3) is 4.51. The molecular weight excluding hydrogens is 352 g/mol. The normalized spacial score (nSPS) is 13.4. The molecule has 0 aliphatic heterocycles. The van der Waals surface area contributed by atoms with Crippen molar-refractivity contribution in [2.24, 2.45) is 0 Å². The number of ether oxygens (including phenoxy) is 3. The van der Waals surface area contributed by atoms with Gasteiger partial charge in [0.15, 0.2) is 18.3 Å². The molecule has 6 heteroatoms. The zero-order valence-corrected chi connectivity index (χ0v) is 15.4. The van der Waals surface area contributed by atoms with Gasteiger partial charge in [-0.3, -0.25) is 0 Å². The van der Waals surface area contributed by atoms with Crippen molar-refractivity contribution in [3.63, 3.8) is 0 Å². The van der Waals surface area contributed by atoms with Gasteiger partial charge in [0, 0.05) is 22.6 Å². The van der Waals surface area contributed by atoms with E-state index in [9.17, 15) is 0 Å². The largest absolute Gasteiger partial charge is 0.493 e. The molecule has 0 aliphatic carbocycles. The second-order valence-electron chi connectivity index (χ2n) is 4.87. The number of benzene rings is 2. The van der Waals surface area contributed by atoms with Gasteiger partial charge < -0.3 is 14.2 Å². The van der Waals surface area contributed by atoms with Gasteiger partial charge in [-0.1, -0.05) is 35.9 Å². The minimum Gasteiger partial charge on any atom is -0.493 e. The molecule has 0 N–H and O–H groups in total. The summed E-state index contributed by atoms with van der Waals surface area (Å²) in [5.41, 5.74) is 1.91. The number of thiol groups is 2. The first-order chi connectivity index (χ1) is 11.1. The number of rotatable bonds is 7. The van der Waals surface area contributed by atoms with E-state index in [1.807, 2.05) is 42.5 Å². The van der Waals surface area contributed by atoms with Crippen molar-refractivity contribution in [3.05, 3.63) is 58.6 Å². The van der Waals surface area contributed by atoms with Gasteiger partial charge in [0.05, 0.1) is 7.11 Å². The molecule has 0 radical (unpaired) electrons. The van der Waals surface area contributed by atoms with Gasteiger partial charge in [-0.2, -0.15) is 25.3 Å². The highest BCUT2D eigenvalue weighted by molar-refractivity contribution is 7.84. The Morgan fingerprint density at radius 3 is 2.39 bits per heavy atom. The van der Waals surface area contributed by atoms with E-state index in [1.54, 1.807) is 14.2 Å². The van der Waals surface area contributed by atoms with Crippen LogP contribution in [-0.2, 0) is 4.74 Å². The van der Waals surface area contributed by atoms with Gasteiger partial charge in [0.25, 0.3) is 0 Å². The predicted octanol–water partition coefficient (Wildman–Crippen LogP) is 4.97. The van der Waals surface area contributed by atoms with Crippen molar-refractivity contribution in [2.45, 2.75) is 10.5 Å². The van der Waals surface area contributed by atoms with Gasteiger partial charge in [-0.05, 0) is 29.3 Å². The molecule has 0 aliphatic rings. The summed E-state index contributed by atoms with van der Waals surface area (Å²) in [5.74, 6) is 1.24. The van der Waals surface area contributed by atoms with Crippen LogP contribution in [0.25, 0.3) is 0 Å². The second kappa shape index (κ2) is 8.73. The predicted molar refractivity (Wildman–Crippen MR) is 100 cm³/mol. The molecular formula is C17H19ClO3S2. The Kier molecular flexibility index (Phi) is 6.96. The maximum atomic E-state index is 6.25. The highest BCUT2D eigenvalue weighted by Crippen LogP contribution is 2.43. The number of hydrogen-bond acceptors (Lipinski definition) is 5. The summed E-state index contributed by atoms with van der Waals surface area (Å²) < 4.78 is 15.8. The Morgan fingerprint density at radius 1 is 1.00 bits per heavy atom. The van der Waals surface area contributed by atoms with E-state index in [-0.39, 0.29) is 17.3 Å². The summed E-state index contributed by atoms with van der Waals surface area (Å²) in [4.78, 5) is 0. The smallest absolute Gasteiger partial charge is 0.188 e. The highest BCUT2D eigenvalue weighted by Gasteiger charge is 2.21. The Balaban J connectivity index is 2.25.